The summed E-state index contributed by atoms with van der Waals surface area (Å²) >= 11 is 0. The summed E-state index contributed by atoms with van der Waals surface area (Å²) in [6, 6.07) is 0.681. The fourth-order valence-corrected chi connectivity index (χ4v) is 2.69. The molecule has 18 heavy (non-hydrogen) atoms. The maximum absolute atomic E-state index is 9.09. The summed E-state index contributed by atoms with van der Waals surface area (Å²) in [6.07, 6.45) is 3.20. The Bertz CT molecular complexity index is 233. The van der Waals surface area contributed by atoms with E-state index in [1.807, 2.05) is 6.92 Å². The minimum Gasteiger partial charge on any atom is -0.394 e. The van der Waals surface area contributed by atoms with Crippen LogP contribution in [0.4, 0.5) is 0 Å². The lowest BCUT2D eigenvalue weighted by Gasteiger charge is -2.39. The minimum absolute atomic E-state index is 0.0825. The standard InChI is InChI=1S/C14H31N3O/c1-4-17-10-9-16(11-13(17)2)8-6-5-7-14(3,15)12-18/h13,18H,4-12,15H2,1-3H3. The highest BCUT2D eigenvalue weighted by atomic mass is 16.3. The second-order valence-corrected chi connectivity index (χ2v) is 6.05. The predicted octanol–water partition coefficient (Wildman–Crippen LogP) is 0.892. The van der Waals surface area contributed by atoms with Gasteiger partial charge in [-0.05, 0) is 39.8 Å². The monoisotopic (exact) mass is 257 g/mol. The smallest absolute Gasteiger partial charge is 0.0608 e. The number of unbranched alkanes of at least 4 members (excludes halogenated alkanes) is 1. The molecule has 2 atom stereocenters. The number of aliphatic hydroxyl groups excluding tert-OH is 1. The topological polar surface area (TPSA) is 52.7 Å². The van der Waals surface area contributed by atoms with E-state index >= 15 is 0 Å². The van der Waals surface area contributed by atoms with Crippen molar-refractivity contribution in [2.45, 2.75) is 51.6 Å². The number of hydrogen-bond donors (Lipinski definition) is 2. The molecule has 4 nitrogen and oxygen atoms in total. The molecule has 0 aliphatic carbocycles. The van der Waals surface area contributed by atoms with Crippen LogP contribution >= 0.6 is 0 Å². The van der Waals surface area contributed by atoms with E-state index in [0.717, 1.165) is 19.4 Å². The van der Waals surface area contributed by atoms with E-state index in [2.05, 4.69) is 23.6 Å². The van der Waals surface area contributed by atoms with Crippen LogP contribution in [0.1, 0.15) is 40.0 Å². The van der Waals surface area contributed by atoms with E-state index in [9.17, 15) is 0 Å². The van der Waals surface area contributed by atoms with E-state index in [4.69, 9.17) is 10.8 Å². The Morgan fingerprint density at radius 2 is 2.06 bits per heavy atom. The molecular weight excluding hydrogens is 226 g/mol. The lowest BCUT2D eigenvalue weighted by molar-refractivity contribution is 0.0862. The van der Waals surface area contributed by atoms with Crippen molar-refractivity contribution in [1.29, 1.82) is 0 Å². The zero-order chi connectivity index (χ0) is 13.6. The van der Waals surface area contributed by atoms with Crippen LogP contribution < -0.4 is 5.73 Å². The lowest BCUT2D eigenvalue weighted by atomic mass is 9.97. The number of rotatable bonds is 7. The molecule has 0 saturated carbocycles. The molecular formula is C14H31N3O. The zero-order valence-corrected chi connectivity index (χ0v) is 12.4. The van der Waals surface area contributed by atoms with Gasteiger partial charge in [-0.3, -0.25) is 4.90 Å². The Morgan fingerprint density at radius 1 is 1.33 bits per heavy atom. The second-order valence-electron chi connectivity index (χ2n) is 6.05. The summed E-state index contributed by atoms with van der Waals surface area (Å²) in [5, 5.41) is 9.09. The van der Waals surface area contributed by atoms with Gasteiger partial charge in [0.15, 0.2) is 0 Å². The number of likely N-dealkylation sites (N-methyl/N-ethyl adjacent to an activating group) is 1. The summed E-state index contributed by atoms with van der Waals surface area (Å²) in [7, 11) is 0. The Labute approximate surface area is 112 Å². The highest BCUT2D eigenvalue weighted by molar-refractivity contribution is 4.79. The van der Waals surface area contributed by atoms with Crippen LogP contribution in [0.25, 0.3) is 0 Å². The molecule has 1 aliphatic rings. The van der Waals surface area contributed by atoms with Crippen molar-refractivity contribution < 1.29 is 5.11 Å². The average molecular weight is 257 g/mol. The molecule has 1 aliphatic heterocycles. The molecule has 1 heterocycles. The third-order valence-electron chi connectivity index (χ3n) is 4.09. The maximum atomic E-state index is 9.09. The van der Waals surface area contributed by atoms with Crippen LogP contribution in [0.5, 0.6) is 0 Å². The van der Waals surface area contributed by atoms with Gasteiger partial charge in [-0.2, -0.15) is 0 Å². The molecule has 0 aromatic rings. The van der Waals surface area contributed by atoms with Gasteiger partial charge in [0.05, 0.1) is 6.61 Å². The predicted molar refractivity (Wildman–Crippen MR) is 76.7 cm³/mol. The number of aliphatic hydroxyl groups is 1. The minimum atomic E-state index is -0.395. The summed E-state index contributed by atoms with van der Waals surface area (Å²) < 4.78 is 0. The number of hydrogen-bond acceptors (Lipinski definition) is 4. The van der Waals surface area contributed by atoms with E-state index in [1.54, 1.807) is 0 Å². The molecule has 0 bridgehead atoms. The van der Waals surface area contributed by atoms with Crippen molar-refractivity contribution >= 4 is 0 Å². The number of nitrogens with zero attached hydrogens (tertiary/aromatic N) is 2. The fourth-order valence-electron chi connectivity index (χ4n) is 2.69. The van der Waals surface area contributed by atoms with Gasteiger partial charge in [0.2, 0.25) is 0 Å². The highest BCUT2D eigenvalue weighted by Crippen LogP contribution is 2.13. The first-order valence-corrected chi connectivity index (χ1v) is 7.34. The zero-order valence-electron chi connectivity index (χ0n) is 12.4. The average Bonchev–Trinajstić information content (AvgIpc) is 2.35. The van der Waals surface area contributed by atoms with Crippen LogP contribution in [0.2, 0.25) is 0 Å². The van der Waals surface area contributed by atoms with Gasteiger partial charge >= 0.3 is 0 Å². The molecule has 2 unspecified atom stereocenters. The second kappa shape index (κ2) is 7.43. The van der Waals surface area contributed by atoms with Crippen molar-refractivity contribution in [2.24, 2.45) is 5.73 Å². The number of piperazine rings is 1. The third-order valence-corrected chi connectivity index (χ3v) is 4.09. The van der Waals surface area contributed by atoms with Crippen molar-refractivity contribution in [3.05, 3.63) is 0 Å². The van der Waals surface area contributed by atoms with Crippen LogP contribution in [-0.4, -0.2) is 65.8 Å². The first-order valence-electron chi connectivity index (χ1n) is 7.34. The molecule has 3 N–H and O–H groups in total. The molecule has 0 aromatic carbocycles. The summed E-state index contributed by atoms with van der Waals surface area (Å²) in [6.45, 7) is 12.5. The number of nitrogens with two attached hydrogens (primary N) is 1. The van der Waals surface area contributed by atoms with E-state index in [-0.39, 0.29) is 6.61 Å². The van der Waals surface area contributed by atoms with Gasteiger partial charge in [0.25, 0.3) is 0 Å². The highest BCUT2D eigenvalue weighted by Gasteiger charge is 2.22. The Balaban J connectivity index is 2.14. The summed E-state index contributed by atoms with van der Waals surface area (Å²) in [4.78, 5) is 5.10. The quantitative estimate of drug-likeness (QED) is 0.665. The van der Waals surface area contributed by atoms with Crippen LogP contribution in [0.3, 0.4) is 0 Å². The molecule has 1 rings (SSSR count). The van der Waals surface area contributed by atoms with Crippen molar-refractivity contribution in [3.63, 3.8) is 0 Å². The van der Waals surface area contributed by atoms with Gasteiger partial charge < -0.3 is 15.7 Å². The molecule has 1 saturated heterocycles. The van der Waals surface area contributed by atoms with Gasteiger partial charge in [-0.25, -0.2) is 0 Å². The van der Waals surface area contributed by atoms with Crippen LogP contribution in [0.15, 0.2) is 0 Å². The van der Waals surface area contributed by atoms with Gasteiger partial charge in [-0.15, -0.1) is 0 Å². The van der Waals surface area contributed by atoms with Crippen molar-refractivity contribution in [2.75, 3.05) is 39.3 Å². The van der Waals surface area contributed by atoms with Crippen molar-refractivity contribution in [3.8, 4) is 0 Å². The Hall–Kier alpha value is -0.160. The molecule has 0 radical (unpaired) electrons. The Morgan fingerprint density at radius 3 is 2.61 bits per heavy atom. The van der Waals surface area contributed by atoms with Crippen LogP contribution in [-0.2, 0) is 0 Å². The van der Waals surface area contributed by atoms with Gasteiger partial charge in [0.1, 0.15) is 0 Å². The summed E-state index contributed by atoms with van der Waals surface area (Å²) in [5.74, 6) is 0. The molecule has 108 valence electrons. The molecule has 1 fully saturated rings. The van der Waals surface area contributed by atoms with Gasteiger partial charge in [0, 0.05) is 31.2 Å². The molecule has 4 heteroatoms. The van der Waals surface area contributed by atoms with Crippen molar-refractivity contribution in [1.82, 2.24) is 9.80 Å². The fraction of sp³-hybridized carbons (Fsp3) is 1.00. The third kappa shape index (κ3) is 5.22. The maximum Gasteiger partial charge on any atom is 0.0608 e. The molecule has 0 amide bonds. The summed E-state index contributed by atoms with van der Waals surface area (Å²) in [5.41, 5.74) is 5.53. The van der Waals surface area contributed by atoms with E-state index < -0.39 is 5.54 Å². The van der Waals surface area contributed by atoms with E-state index in [1.165, 1.54) is 32.6 Å². The largest absolute Gasteiger partial charge is 0.394 e. The first-order chi connectivity index (χ1) is 8.48. The molecule has 0 aromatic heterocycles. The molecule has 0 spiro atoms. The van der Waals surface area contributed by atoms with Crippen LogP contribution in [0, 0.1) is 0 Å². The SMILES string of the molecule is CCN1CCN(CCCCC(C)(N)CO)CC1C. The lowest BCUT2D eigenvalue weighted by Crippen LogP contribution is -2.51. The Kier molecular flexibility index (Phi) is 6.57. The van der Waals surface area contributed by atoms with Gasteiger partial charge in [-0.1, -0.05) is 13.3 Å². The normalized spacial score (nSPS) is 26.2. The van der Waals surface area contributed by atoms with E-state index in [0.29, 0.717) is 6.04 Å². The first kappa shape index (κ1) is 15.9.